The lowest BCUT2D eigenvalue weighted by atomic mass is 9.96. The highest BCUT2D eigenvalue weighted by atomic mass is 16.5. The summed E-state index contributed by atoms with van der Waals surface area (Å²) in [6.45, 7) is 1.99. The van der Waals surface area contributed by atoms with Gasteiger partial charge in [0.2, 0.25) is 0 Å². The standard InChI is InChI=1S/C11H15NO4.C6H8O7/c1-2-16-11(15)8(12)5-7-3-4-9(13)10(14)6-7;7-3(8)1-6(13,5(11)12)2-4(9)10/h3-4,6,8,13-14H,2,5,12H2,1H3;13H,1-2H2,(H,7,8)(H,9,10)(H,11,12)/t8-;/m0./s1. The van der Waals surface area contributed by atoms with Gasteiger partial charge in [-0.2, -0.15) is 0 Å². The van der Waals surface area contributed by atoms with E-state index < -0.39 is 48.4 Å². The first-order valence-corrected chi connectivity index (χ1v) is 8.14. The van der Waals surface area contributed by atoms with Gasteiger partial charge in [0.25, 0.3) is 0 Å². The van der Waals surface area contributed by atoms with Crippen LogP contribution in [0.2, 0.25) is 0 Å². The van der Waals surface area contributed by atoms with Crippen molar-refractivity contribution in [3.63, 3.8) is 0 Å². The van der Waals surface area contributed by atoms with Crippen molar-refractivity contribution < 1.29 is 54.6 Å². The number of benzene rings is 1. The maximum absolute atomic E-state index is 11.2. The molecule has 0 aliphatic carbocycles. The summed E-state index contributed by atoms with van der Waals surface area (Å²) in [4.78, 5) is 41.7. The van der Waals surface area contributed by atoms with Crippen molar-refractivity contribution in [1.82, 2.24) is 0 Å². The molecule has 1 atom stereocenters. The van der Waals surface area contributed by atoms with Crippen molar-refractivity contribution in [3.05, 3.63) is 23.8 Å². The minimum atomic E-state index is -2.74. The molecule has 0 aliphatic heterocycles. The minimum Gasteiger partial charge on any atom is -0.504 e. The summed E-state index contributed by atoms with van der Waals surface area (Å²) in [5.74, 6) is -5.92. The van der Waals surface area contributed by atoms with Crippen LogP contribution in [0.1, 0.15) is 25.3 Å². The van der Waals surface area contributed by atoms with Gasteiger partial charge in [0.1, 0.15) is 6.04 Å². The van der Waals surface area contributed by atoms with Crippen LogP contribution in [0.4, 0.5) is 0 Å². The maximum Gasteiger partial charge on any atom is 0.336 e. The van der Waals surface area contributed by atoms with Gasteiger partial charge in [0, 0.05) is 0 Å². The van der Waals surface area contributed by atoms with Crippen LogP contribution in [0.5, 0.6) is 11.5 Å². The van der Waals surface area contributed by atoms with Crippen molar-refractivity contribution in [2.45, 2.75) is 37.8 Å². The molecular formula is C17H23NO11. The van der Waals surface area contributed by atoms with Crippen LogP contribution in [0.25, 0.3) is 0 Å². The summed E-state index contributed by atoms with van der Waals surface area (Å²) in [7, 11) is 0. The van der Waals surface area contributed by atoms with E-state index in [0.717, 1.165) is 0 Å². The largest absolute Gasteiger partial charge is 0.504 e. The van der Waals surface area contributed by atoms with Gasteiger partial charge in [-0.3, -0.25) is 14.4 Å². The zero-order valence-corrected chi connectivity index (χ0v) is 15.4. The molecule has 0 amide bonds. The molecule has 0 unspecified atom stereocenters. The highest BCUT2D eigenvalue weighted by molar-refractivity contribution is 5.88. The molecule has 1 aromatic carbocycles. The molecule has 0 aromatic heterocycles. The molecule has 0 saturated heterocycles. The van der Waals surface area contributed by atoms with Gasteiger partial charge in [-0.05, 0) is 31.0 Å². The molecule has 0 fully saturated rings. The first kappa shape index (κ1) is 25.6. The molecule has 1 aromatic rings. The second kappa shape index (κ2) is 11.5. The average molecular weight is 417 g/mol. The van der Waals surface area contributed by atoms with Crippen molar-refractivity contribution in [3.8, 4) is 11.5 Å². The van der Waals surface area contributed by atoms with E-state index >= 15 is 0 Å². The van der Waals surface area contributed by atoms with Gasteiger partial charge in [-0.1, -0.05) is 6.07 Å². The first-order valence-electron chi connectivity index (χ1n) is 8.14. The molecule has 29 heavy (non-hydrogen) atoms. The second-order valence-electron chi connectivity index (χ2n) is 5.86. The Morgan fingerprint density at radius 3 is 1.93 bits per heavy atom. The molecule has 0 spiro atoms. The number of carbonyl (C=O) groups is 4. The fraction of sp³-hybridized carbons (Fsp3) is 0.412. The Morgan fingerprint density at radius 1 is 1.03 bits per heavy atom. The molecule has 12 nitrogen and oxygen atoms in total. The number of phenolic OH excluding ortho intramolecular Hbond substituents is 2. The number of aliphatic hydroxyl groups is 1. The van der Waals surface area contributed by atoms with Crippen LogP contribution in [-0.4, -0.2) is 72.8 Å². The average Bonchev–Trinajstić information content (AvgIpc) is 2.57. The van der Waals surface area contributed by atoms with Crippen LogP contribution in [0.3, 0.4) is 0 Å². The Morgan fingerprint density at radius 2 is 1.55 bits per heavy atom. The number of hydrogen-bond donors (Lipinski definition) is 7. The lowest BCUT2D eigenvalue weighted by Gasteiger charge is -2.18. The topological polar surface area (TPSA) is 225 Å². The van der Waals surface area contributed by atoms with Crippen LogP contribution in [-0.2, 0) is 30.3 Å². The van der Waals surface area contributed by atoms with E-state index in [9.17, 15) is 24.3 Å². The number of carboxylic acid groups (broad SMARTS) is 3. The summed E-state index contributed by atoms with van der Waals surface area (Å²) in [5.41, 5.74) is 3.53. The lowest BCUT2D eigenvalue weighted by molar-refractivity contribution is -0.170. The van der Waals surface area contributed by atoms with Crippen LogP contribution in [0.15, 0.2) is 18.2 Å². The predicted molar refractivity (Wildman–Crippen MR) is 95.2 cm³/mol. The van der Waals surface area contributed by atoms with E-state index in [1.54, 1.807) is 13.0 Å². The minimum absolute atomic E-state index is 0.201. The summed E-state index contributed by atoms with van der Waals surface area (Å²) >= 11 is 0. The summed E-state index contributed by atoms with van der Waals surface area (Å²) < 4.78 is 4.75. The fourth-order valence-electron chi connectivity index (χ4n) is 2.00. The van der Waals surface area contributed by atoms with E-state index in [1.165, 1.54) is 12.1 Å². The van der Waals surface area contributed by atoms with Crippen LogP contribution >= 0.6 is 0 Å². The van der Waals surface area contributed by atoms with E-state index in [0.29, 0.717) is 5.56 Å². The summed E-state index contributed by atoms with van der Waals surface area (Å²) in [6.07, 6.45) is -2.03. The number of nitrogens with two attached hydrogens (primary N) is 1. The normalized spacial score (nSPS) is 11.6. The predicted octanol–water partition coefficient (Wildman–Crippen LogP) is -0.718. The van der Waals surface area contributed by atoms with Crippen LogP contribution < -0.4 is 5.73 Å². The number of ether oxygens (including phenoxy) is 1. The molecule has 1 rings (SSSR count). The summed E-state index contributed by atoms with van der Waals surface area (Å²) in [5, 5.41) is 52.2. The van der Waals surface area contributed by atoms with Crippen molar-refractivity contribution in [2.75, 3.05) is 6.61 Å². The van der Waals surface area contributed by atoms with E-state index in [-0.39, 0.29) is 24.5 Å². The fourth-order valence-corrected chi connectivity index (χ4v) is 2.00. The Bertz CT molecular complexity index is 731. The van der Waals surface area contributed by atoms with Gasteiger partial charge >= 0.3 is 23.9 Å². The first-order chi connectivity index (χ1) is 13.3. The molecule has 0 radical (unpaired) electrons. The number of carboxylic acids is 3. The number of aromatic hydroxyl groups is 2. The van der Waals surface area contributed by atoms with Crippen LogP contribution in [0, 0.1) is 0 Å². The number of rotatable bonds is 9. The second-order valence-corrected chi connectivity index (χ2v) is 5.86. The Hall–Kier alpha value is -3.38. The van der Waals surface area contributed by atoms with Gasteiger partial charge in [-0.15, -0.1) is 0 Å². The monoisotopic (exact) mass is 417 g/mol. The molecule has 0 aliphatic rings. The number of esters is 1. The Kier molecular flexibility index (Phi) is 10.1. The molecule has 0 bridgehead atoms. The van der Waals surface area contributed by atoms with E-state index in [4.69, 9.17) is 36.0 Å². The molecule has 12 heteroatoms. The Labute approximate surface area is 164 Å². The van der Waals surface area contributed by atoms with Gasteiger partial charge < -0.3 is 41.1 Å². The highest BCUT2D eigenvalue weighted by Crippen LogP contribution is 2.25. The van der Waals surface area contributed by atoms with Gasteiger partial charge in [0.15, 0.2) is 17.1 Å². The zero-order chi connectivity index (χ0) is 22.8. The number of aliphatic carboxylic acids is 3. The molecule has 0 saturated carbocycles. The van der Waals surface area contributed by atoms with E-state index in [1.807, 2.05) is 0 Å². The van der Waals surface area contributed by atoms with Crippen molar-refractivity contribution >= 4 is 23.9 Å². The molecule has 8 N–H and O–H groups in total. The highest BCUT2D eigenvalue weighted by Gasteiger charge is 2.40. The third-order valence-electron chi connectivity index (χ3n) is 3.37. The smallest absolute Gasteiger partial charge is 0.336 e. The number of phenols is 2. The van der Waals surface area contributed by atoms with E-state index in [2.05, 4.69) is 0 Å². The van der Waals surface area contributed by atoms with Crippen molar-refractivity contribution in [2.24, 2.45) is 5.73 Å². The zero-order valence-electron chi connectivity index (χ0n) is 15.4. The number of carbonyl (C=O) groups excluding carboxylic acids is 1. The Balaban J connectivity index is 0.000000555. The third-order valence-corrected chi connectivity index (χ3v) is 3.37. The maximum atomic E-state index is 11.2. The molecular weight excluding hydrogens is 394 g/mol. The van der Waals surface area contributed by atoms with Gasteiger partial charge in [0.05, 0.1) is 19.4 Å². The molecule has 0 heterocycles. The van der Waals surface area contributed by atoms with Gasteiger partial charge in [-0.25, -0.2) is 4.79 Å². The third kappa shape index (κ3) is 9.39. The lowest BCUT2D eigenvalue weighted by Crippen LogP contribution is -2.42. The molecule has 162 valence electrons. The number of hydrogen-bond acceptors (Lipinski definition) is 9. The SMILES string of the molecule is CCOC(=O)[C@@H](N)Cc1ccc(O)c(O)c1.O=C(O)CC(O)(CC(=O)O)C(=O)O. The van der Waals surface area contributed by atoms with Crippen molar-refractivity contribution in [1.29, 1.82) is 0 Å². The summed E-state index contributed by atoms with van der Waals surface area (Å²) in [6, 6.07) is 3.55. The quantitative estimate of drug-likeness (QED) is 0.195.